The standard InChI is InChI=1S/C73H113N23O21S/c1-35(2)29-48(65(109)88-47(25-28-118(7)117)64(108)93-51(32-55(77)100)69(113)96-58(38(6)97)71(115)116)90-66(110)50(31-40-34-84-43-19-12-11-17-41(40)43)92-63(107)46(22-24-54(76)99)89-70(114)57(36(3)4)95-68(112)49(30-39-15-9-8-10-16-39)91-67(111)52(33-56(101)102)94-62(106)45(21-23-53(75)98)86-59(103)37(5)85-61(105)44(20-14-27-83-73(80)81)87-60(104)42(74)18-13-26-82-72(78)79/h8-12,15-17,19,34-38,42,44-52,57-58,84,97H,13-14,18,20-33,74H2,1-7H3,(H2,75,98)(H2,76,99)(H2,77,100)(H,85,105)(H,86,103)(H,87,104)(H,88,109)(H,89,114)(H,90,110)(H,91,111)(H,92,107)(H,93,108)(H,94,106)(H,95,112)(H,96,113)(H,101,102)(H,115,116)(H4,78,79,82)(H4,80,81,83)/t37-,38+,42-,44-,45-,46-,47-,48-,49-,50-,51-,52-,57-,58-,118?/m0/s1. The number of fused-ring (bicyclic) bond motifs is 1. The third-order valence-corrected chi connectivity index (χ3v) is 18.8. The number of aromatic amines is 1. The molecule has 3 rings (SSSR count). The highest BCUT2D eigenvalue weighted by molar-refractivity contribution is 7.84. The number of nitrogens with one attached hydrogen (secondary N) is 17. The molecule has 0 bridgehead atoms. The maximum absolute atomic E-state index is 15.0. The van der Waals surface area contributed by atoms with E-state index in [0.717, 1.165) is 6.92 Å². The number of H-pyrrole nitrogens is 1. The van der Waals surface area contributed by atoms with E-state index in [0.29, 0.717) is 28.5 Å². The zero-order chi connectivity index (χ0) is 88.8. The fraction of sp³-hybridized carbons (Fsp3) is 0.548. The first-order valence-corrected chi connectivity index (χ1v) is 39.5. The average Bonchev–Trinajstić information content (AvgIpc) is 1.63. The van der Waals surface area contributed by atoms with Gasteiger partial charge in [-0.15, -0.1) is 0 Å². The van der Waals surface area contributed by atoms with Gasteiger partial charge >= 0.3 is 11.9 Å². The van der Waals surface area contributed by atoms with E-state index in [1.165, 1.54) is 27.0 Å². The fourth-order valence-electron chi connectivity index (χ4n) is 11.7. The van der Waals surface area contributed by atoms with Crippen LogP contribution in [-0.2, 0) is 105 Å². The normalized spacial score (nSPS) is 14.9. The van der Waals surface area contributed by atoms with Gasteiger partial charge in [0.05, 0.1) is 25.0 Å². The number of primary amides is 3. The summed E-state index contributed by atoms with van der Waals surface area (Å²) < 4.78 is 12.4. The monoisotopic (exact) mass is 1680 g/mol. The molecule has 44 nitrogen and oxygen atoms in total. The fourth-order valence-corrected chi connectivity index (χ4v) is 12.3. The molecule has 1 unspecified atom stereocenters. The number of guanidine groups is 2. The van der Waals surface area contributed by atoms with Gasteiger partial charge in [0, 0.05) is 78.7 Å². The molecule has 3 aromatic rings. The Labute approximate surface area is 682 Å². The van der Waals surface area contributed by atoms with Crippen molar-refractivity contribution < 1.29 is 101 Å². The summed E-state index contributed by atoms with van der Waals surface area (Å²) in [6.45, 7) is 8.83. The van der Waals surface area contributed by atoms with Crippen LogP contribution < -0.4 is 109 Å². The molecule has 2 aromatic carbocycles. The third kappa shape index (κ3) is 36.6. The predicted octanol–water partition coefficient (Wildman–Crippen LogP) is -7.54. The zero-order valence-electron chi connectivity index (χ0n) is 66.6. The number of carbonyl (C=O) groups is 17. The van der Waals surface area contributed by atoms with Crippen molar-refractivity contribution in [2.24, 2.45) is 46.2 Å². The highest BCUT2D eigenvalue weighted by atomic mass is 32.2. The van der Waals surface area contributed by atoms with E-state index in [2.05, 4.69) is 74.1 Å². The number of aliphatic hydroxyl groups is 1. The van der Waals surface area contributed by atoms with Gasteiger partial charge in [-0.2, -0.15) is 0 Å². The molecule has 0 radical (unpaired) electrons. The second-order valence-corrected chi connectivity index (χ2v) is 30.4. The average molecular weight is 1680 g/mol. The molecule has 0 saturated carbocycles. The highest BCUT2D eigenvalue weighted by Gasteiger charge is 2.39. The molecule has 15 atom stereocenters. The van der Waals surface area contributed by atoms with Crippen LogP contribution in [0.2, 0.25) is 0 Å². The van der Waals surface area contributed by atoms with Crippen LogP contribution in [0.3, 0.4) is 0 Å². The number of aliphatic carboxylic acids is 2. The first-order chi connectivity index (χ1) is 55.4. The lowest BCUT2D eigenvalue weighted by molar-refractivity contribution is -0.145. The molecular formula is C73H113N23O21S. The molecule has 0 spiro atoms. The van der Waals surface area contributed by atoms with Crippen LogP contribution in [0.25, 0.3) is 10.9 Å². The van der Waals surface area contributed by atoms with Gasteiger partial charge in [-0.25, -0.2) is 4.79 Å². The summed E-state index contributed by atoms with van der Waals surface area (Å²) >= 11 is 0. The van der Waals surface area contributed by atoms with E-state index in [9.17, 15) is 101 Å². The van der Waals surface area contributed by atoms with Crippen molar-refractivity contribution in [2.45, 2.75) is 216 Å². The number of carbonyl (C=O) groups excluding carboxylic acids is 15. The molecule has 0 saturated heterocycles. The van der Waals surface area contributed by atoms with Gasteiger partial charge < -0.3 is 129 Å². The lowest BCUT2D eigenvalue weighted by Gasteiger charge is -2.29. The van der Waals surface area contributed by atoms with Crippen LogP contribution in [0.15, 0.2) is 60.8 Å². The SMILES string of the molecule is CC(C)C[C@H](NC(=O)[C@H](Cc1c[nH]c2ccccc12)NC(=O)[C@H](CCC(N)=O)NC(=O)[C@@H](NC(=O)[C@H](Cc1ccccc1)NC(=O)[C@H](CC(=O)O)NC(=O)[C@H](CCC(N)=O)NC(=O)[C@H](C)NC(=O)[C@H](CCCNC(=N)N)NC(=O)[C@@H](N)CCCNC(=N)N)C(C)C)C(=O)N[C@@H](CCS(C)=O)C(=O)N[C@@H](CC(N)=O)C(=O)N[C@H](C(=O)O)[C@@H](C)O. The Morgan fingerprint density at radius 3 is 1.37 bits per heavy atom. The Morgan fingerprint density at radius 2 is 0.864 bits per heavy atom. The van der Waals surface area contributed by atoms with Crippen molar-refractivity contribution in [3.63, 3.8) is 0 Å². The summed E-state index contributed by atoms with van der Waals surface area (Å²) in [7, 11) is -1.62. The van der Waals surface area contributed by atoms with Gasteiger partial charge in [0.15, 0.2) is 18.0 Å². The van der Waals surface area contributed by atoms with Gasteiger partial charge in [-0.1, -0.05) is 76.2 Å². The van der Waals surface area contributed by atoms with Crippen molar-refractivity contribution in [2.75, 3.05) is 25.1 Å². The quantitative estimate of drug-likeness (QED) is 0.0142. The first kappa shape index (κ1) is 99.8. The van der Waals surface area contributed by atoms with Crippen LogP contribution in [0, 0.1) is 22.7 Å². The van der Waals surface area contributed by atoms with Crippen molar-refractivity contribution in [3.8, 4) is 0 Å². The van der Waals surface area contributed by atoms with Crippen LogP contribution in [-0.4, -0.2) is 247 Å². The number of rotatable bonds is 54. The molecule has 652 valence electrons. The summed E-state index contributed by atoms with van der Waals surface area (Å²) in [5.41, 5.74) is 34.6. The molecule has 0 aliphatic heterocycles. The number of carboxylic acid groups (broad SMARTS) is 2. The highest BCUT2D eigenvalue weighted by Crippen LogP contribution is 2.21. The number of para-hydroxylation sites is 1. The van der Waals surface area contributed by atoms with Crippen molar-refractivity contribution in [1.29, 1.82) is 10.8 Å². The van der Waals surface area contributed by atoms with Crippen molar-refractivity contribution >= 4 is 134 Å². The Hall–Kier alpha value is -12.4. The van der Waals surface area contributed by atoms with E-state index in [1.54, 1.807) is 74.6 Å². The molecule has 0 aliphatic rings. The number of benzene rings is 2. The first-order valence-electron chi connectivity index (χ1n) is 37.8. The maximum atomic E-state index is 15.0. The van der Waals surface area contributed by atoms with Crippen LogP contribution in [0.1, 0.15) is 130 Å². The lowest BCUT2D eigenvalue weighted by Crippen LogP contribution is -2.62. The summed E-state index contributed by atoms with van der Waals surface area (Å²) in [4.78, 5) is 235. The zero-order valence-corrected chi connectivity index (χ0v) is 67.4. The van der Waals surface area contributed by atoms with Crippen LogP contribution in [0.4, 0.5) is 0 Å². The molecule has 0 fully saturated rings. The third-order valence-electron chi connectivity index (χ3n) is 18.0. The molecule has 15 amide bonds. The van der Waals surface area contributed by atoms with Crippen molar-refractivity contribution in [1.82, 2.24) is 79.4 Å². The van der Waals surface area contributed by atoms with Gasteiger partial charge in [0.1, 0.15) is 66.5 Å². The van der Waals surface area contributed by atoms with E-state index in [1.807, 2.05) is 5.32 Å². The maximum Gasteiger partial charge on any atom is 0.328 e. The van der Waals surface area contributed by atoms with Crippen LogP contribution >= 0.6 is 0 Å². The molecule has 45 heteroatoms. The largest absolute Gasteiger partial charge is 0.481 e. The van der Waals surface area contributed by atoms with E-state index in [4.69, 9.17) is 45.2 Å². The number of aliphatic hydroxyl groups excluding tert-OH is 1. The Morgan fingerprint density at radius 1 is 0.449 bits per heavy atom. The van der Waals surface area contributed by atoms with Crippen molar-refractivity contribution in [3.05, 3.63) is 71.9 Å². The van der Waals surface area contributed by atoms with Gasteiger partial charge in [-0.3, -0.25) is 91.7 Å². The number of hydrogen-bond donors (Lipinski definition) is 26. The Bertz CT molecular complexity index is 4070. The van der Waals surface area contributed by atoms with E-state index >= 15 is 0 Å². The minimum atomic E-state index is -2.08. The Balaban J connectivity index is 2.03. The second-order valence-electron chi connectivity index (χ2n) is 28.9. The molecule has 32 N–H and O–H groups in total. The number of amides is 15. The summed E-state index contributed by atoms with van der Waals surface area (Å²) in [6, 6.07) is -7.04. The lowest BCUT2D eigenvalue weighted by atomic mass is 9.99. The smallest absolute Gasteiger partial charge is 0.328 e. The summed E-state index contributed by atoms with van der Waals surface area (Å²) in [5, 5.41) is 79.2. The molecule has 1 heterocycles. The van der Waals surface area contributed by atoms with E-state index < -0.39 is 246 Å². The summed E-state index contributed by atoms with van der Waals surface area (Å²) in [5.74, 6) is -21.8. The van der Waals surface area contributed by atoms with Gasteiger partial charge in [-0.05, 0) is 94.2 Å². The number of aromatic nitrogens is 1. The number of nitrogens with two attached hydrogens (primary N) is 6. The molecule has 1 aromatic heterocycles. The molecular weight excluding hydrogens is 1570 g/mol. The second kappa shape index (κ2) is 50.1. The topological polar surface area (TPSA) is 756 Å². The molecule has 118 heavy (non-hydrogen) atoms. The molecule has 0 aliphatic carbocycles. The predicted molar refractivity (Wildman–Crippen MR) is 427 cm³/mol. The Kier molecular flexibility index (Phi) is 42.4. The minimum Gasteiger partial charge on any atom is -0.481 e. The van der Waals surface area contributed by atoms with Gasteiger partial charge in [0.25, 0.3) is 0 Å². The summed E-state index contributed by atoms with van der Waals surface area (Å²) in [6.07, 6.45) is -4.00. The minimum absolute atomic E-state index is 0.0800. The number of carboxylic acids is 2. The number of hydrogen-bond acceptors (Lipinski definition) is 22. The van der Waals surface area contributed by atoms with Crippen LogP contribution in [0.5, 0.6) is 0 Å². The van der Waals surface area contributed by atoms with E-state index in [-0.39, 0.29) is 75.7 Å². The van der Waals surface area contributed by atoms with Gasteiger partial charge in [0.2, 0.25) is 88.6 Å².